The van der Waals surface area contributed by atoms with Crippen LogP contribution in [0, 0.1) is 0 Å². The topological polar surface area (TPSA) is 75.2 Å². The predicted molar refractivity (Wildman–Crippen MR) is 72.9 cm³/mol. The van der Waals surface area contributed by atoms with Crippen LogP contribution in [-0.2, 0) is 13.2 Å². The zero-order valence-corrected chi connectivity index (χ0v) is 11.2. The van der Waals surface area contributed by atoms with Gasteiger partial charge < -0.3 is 9.97 Å². The minimum absolute atomic E-state index is 0.264. The molecule has 0 unspecified atom stereocenters. The standard InChI is InChI=1S/C13H9F3N6/c1-22-10(4-11(21-22)13(14,15)16)12-19-8-2-6-7(18-5-17-6)3-9(8)20-12/h2-5H,1H3,(H,17,18)(H,19,20). The van der Waals surface area contributed by atoms with E-state index in [0.29, 0.717) is 16.9 Å². The number of fused-ring (bicyclic) bond motifs is 2. The smallest absolute Gasteiger partial charge is 0.345 e. The lowest BCUT2D eigenvalue weighted by Crippen LogP contribution is -2.06. The number of aromatic amines is 2. The Hall–Kier alpha value is -2.84. The van der Waals surface area contributed by atoms with E-state index in [1.807, 2.05) is 6.07 Å². The summed E-state index contributed by atoms with van der Waals surface area (Å²) in [7, 11) is 1.45. The first-order valence-electron chi connectivity index (χ1n) is 6.36. The molecule has 112 valence electrons. The van der Waals surface area contributed by atoms with Gasteiger partial charge in [0.1, 0.15) is 5.69 Å². The molecule has 0 amide bonds. The third kappa shape index (κ3) is 1.85. The van der Waals surface area contributed by atoms with Gasteiger partial charge in [-0.25, -0.2) is 9.97 Å². The molecule has 4 rings (SSSR count). The van der Waals surface area contributed by atoms with Gasteiger partial charge in [-0.2, -0.15) is 18.3 Å². The van der Waals surface area contributed by atoms with Gasteiger partial charge in [-0.15, -0.1) is 0 Å². The van der Waals surface area contributed by atoms with E-state index in [9.17, 15) is 13.2 Å². The molecule has 0 aliphatic carbocycles. The summed E-state index contributed by atoms with van der Waals surface area (Å²) >= 11 is 0. The Morgan fingerprint density at radius 1 is 1.09 bits per heavy atom. The van der Waals surface area contributed by atoms with Crippen molar-refractivity contribution in [2.75, 3.05) is 0 Å². The van der Waals surface area contributed by atoms with E-state index in [0.717, 1.165) is 21.8 Å². The quantitative estimate of drug-likeness (QED) is 0.568. The van der Waals surface area contributed by atoms with E-state index in [1.54, 1.807) is 12.4 Å². The highest BCUT2D eigenvalue weighted by atomic mass is 19.4. The third-order valence-corrected chi connectivity index (χ3v) is 3.44. The van der Waals surface area contributed by atoms with Crippen LogP contribution < -0.4 is 0 Å². The molecular formula is C13H9F3N6. The number of hydrogen-bond donors (Lipinski definition) is 2. The van der Waals surface area contributed by atoms with Crippen LogP contribution in [0.1, 0.15) is 5.69 Å². The number of nitrogens with one attached hydrogen (secondary N) is 2. The lowest BCUT2D eigenvalue weighted by Gasteiger charge is -1.98. The molecule has 0 fully saturated rings. The second kappa shape index (κ2) is 4.09. The van der Waals surface area contributed by atoms with Crippen molar-refractivity contribution in [3.8, 4) is 11.5 Å². The highest BCUT2D eigenvalue weighted by Crippen LogP contribution is 2.31. The number of rotatable bonds is 1. The average molecular weight is 306 g/mol. The van der Waals surface area contributed by atoms with Crippen LogP contribution >= 0.6 is 0 Å². The number of aromatic nitrogens is 6. The number of benzene rings is 1. The molecule has 1 aromatic carbocycles. The molecule has 22 heavy (non-hydrogen) atoms. The van der Waals surface area contributed by atoms with Crippen LogP contribution in [0.25, 0.3) is 33.6 Å². The molecule has 0 saturated heterocycles. The number of imidazole rings is 2. The molecule has 4 aromatic rings. The van der Waals surface area contributed by atoms with Crippen LogP contribution in [0.3, 0.4) is 0 Å². The van der Waals surface area contributed by atoms with E-state index < -0.39 is 11.9 Å². The SMILES string of the molecule is Cn1nc(C(F)(F)F)cc1-c1nc2cc3nc[nH]c3cc2[nH]1. The minimum Gasteiger partial charge on any atom is -0.345 e. The van der Waals surface area contributed by atoms with E-state index in [4.69, 9.17) is 0 Å². The van der Waals surface area contributed by atoms with Crippen molar-refractivity contribution in [3.05, 3.63) is 30.2 Å². The summed E-state index contributed by atoms with van der Waals surface area (Å²) in [5.74, 6) is 0.327. The first-order chi connectivity index (χ1) is 10.4. The van der Waals surface area contributed by atoms with Crippen molar-refractivity contribution in [3.63, 3.8) is 0 Å². The first kappa shape index (κ1) is 12.9. The van der Waals surface area contributed by atoms with Crippen LogP contribution in [0.2, 0.25) is 0 Å². The molecule has 0 aliphatic rings. The number of hydrogen-bond acceptors (Lipinski definition) is 3. The van der Waals surface area contributed by atoms with Crippen molar-refractivity contribution in [1.82, 2.24) is 29.7 Å². The van der Waals surface area contributed by atoms with Gasteiger partial charge in [0.25, 0.3) is 0 Å². The molecule has 0 spiro atoms. The first-order valence-corrected chi connectivity index (χ1v) is 6.36. The largest absolute Gasteiger partial charge is 0.435 e. The minimum atomic E-state index is -4.48. The van der Waals surface area contributed by atoms with Gasteiger partial charge in [0.2, 0.25) is 0 Å². The molecule has 0 radical (unpaired) electrons. The summed E-state index contributed by atoms with van der Waals surface area (Å²) in [6.45, 7) is 0. The number of H-pyrrole nitrogens is 2. The van der Waals surface area contributed by atoms with Crippen molar-refractivity contribution < 1.29 is 13.2 Å². The lowest BCUT2D eigenvalue weighted by molar-refractivity contribution is -0.141. The van der Waals surface area contributed by atoms with Gasteiger partial charge in [-0.05, 0) is 18.2 Å². The summed E-state index contributed by atoms with van der Waals surface area (Å²) in [5, 5.41) is 3.49. The zero-order valence-electron chi connectivity index (χ0n) is 11.2. The molecule has 3 heterocycles. The highest BCUT2D eigenvalue weighted by molar-refractivity contribution is 5.92. The second-order valence-electron chi connectivity index (χ2n) is 4.91. The summed E-state index contributed by atoms with van der Waals surface area (Å²) in [5.41, 5.74) is 2.22. The van der Waals surface area contributed by atoms with Crippen molar-refractivity contribution >= 4 is 22.1 Å². The summed E-state index contributed by atoms with van der Waals surface area (Å²) in [6, 6.07) is 4.55. The number of aryl methyl sites for hydroxylation is 1. The van der Waals surface area contributed by atoms with Gasteiger partial charge in [0.05, 0.1) is 28.4 Å². The van der Waals surface area contributed by atoms with Gasteiger partial charge in [-0.1, -0.05) is 0 Å². The number of alkyl halides is 3. The molecular weight excluding hydrogens is 297 g/mol. The molecule has 0 aliphatic heterocycles. The molecule has 3 aromatic heterocycles. The van der Waals surface area contributed by atoms with E-state index in [1.165, 1.54) is 7.05 Å². The summed E-state index contributed by atoms with van der Waals surface area (Å²) < 4.78 is 39.3. The Labute approximate surface area is 121 Å². The predicted octanol–water partition coefficient (Wildman–Crippen LogP) is 2.86. The fraction of sp³-hybridized carbons (Fsp3) is 0.154. The monoisotopic (exact) mass is 306 g/mol. The van der Waals surface area contributed by atoms with Crippen molar-refractivity contribution in [2.24, 2.45) is 7.05 Å². The summed E-state index contributed by atoms with van der Waals surface area (Å²) in [4.78, 5) is 14.4. The van der Waals surface area contributed by atoms with Crippen LogP contribution in [0.15, 0.2) is 24.5 Å². The molecule has 6 nitrogen and oxygen atoms in total. The maximum absolute atomic E-state index is 12.7. The Bertz CT molecular complexity index is 942. The maximum Gasteiger partial charge on any atom is 0.435 e. The Morgan fingerprint density at radius 3 is 2.64 bits per heavy atom. The molecule has 0 saturated carbocycles. The Morgan fingerprint density at radius 2 is 1.91 bits per heavy atom. The Balaban J connectivity index is 1.88. The van der Waals surface area contributed by atoms with Gasteiger partial charge >= 0.3 is 6.18 Å². The maximum atomic E-state index is 12.7. The fourth-order valence-corrected chi connectivity index (χ4v) is 2.39. The highest BCUT2D eigenvalue weighted by Gasteiger charge is 2.35. The van der Waals surface area contributed by atoms with Gasteiger partial charge in [0.15, 0.2) is 11.5 Å². The normalized spacial score (nSPS) is 12.5. The summed E-state index contributed by atoms with van der Waals surface area (Å²) in [6.07, 6.45) is -2.91. The van der Waals surface area contributed by atoms with E-state index >= 15 is 0 Å². The van der Waals surface area contributed by atoms with Crippen LogP contribution in [-0.4, -0.2) is 29.7 Å². The van der Waals surface area contributed by atoms with Crippen LogP contribution in [0.5, 0.6) is 0 Å². The fourth-order valence-electron chi connectivity index (χ4n) is 2.39. The number of halogens is 3. The molecule has 2 N–H and O–H groups in total. The number of nitrogens with zero attached hydrogens (tertiary/aromatic N) is 4. The van der Waals surface area contributed by atoms with Crippen LogP contribution in [0.4, 0.5) is 13.2 Å². The van der Waals surface area contributed by atoms with Gasteiger partial charge in [0, 0.05) is 7.05 Å². The van der Waals surface area contributed by atoms with Crippen molar-refractivity contribution in [2.45, 2.75) is 6.18 Å². The Kier molecular flexibility index (Phi) is 2.39. The lowest BCUT2D eigenvalue weighted by atomic mass is 10.3. The molecule has 0 bridgehead atoms. The second-order valence-corrected chi connectivity index (χ2v) is 4.91. The molecule has 9 heteroatoms. The zero-order chi connectivity index (χ0) is 15.5. The third-order valence-electron chi connectivity index (χ3n) is 3.44. The van der Waals surface area contributed by atoms with Gasteiger partial charge in [-0.3, -0.25) is 4.68 Å². The van der Waals surface area contributed by atoms with Crippen molar-refractivity contribution in [1.29, 1.82) is 0 Å². The molecule has 0 atom stereocenters. The van der Waals surface area contributed by atoms with E-state index in [2.05, 4.69) is 25.0 Å². The van der Waals surface area contributed by atoms with E-state index in [-0.39, 0.29) is 5.69 Å². The average Bonchev–Trinajstić information content (AvgIpc) is 3.10.